The predicted molar refractivity (Wildman–Crippen MR) is 85.7 cm³/mol. The summed E-state index contributed by atoms with van der Waals surface area (Å²) in [6.45, 7) is 9.32. The lowest BCUT2D eigenvalue weighted by molar-refractivity contribution is 0.0129. The molecule has 22 heavy (non-hydrogen) atoms. The molecule has 1 aromatic rings. The van der Waals surface area contributed by atoms with Gasteiger partial charge in [0.2, 0.25) is 0 Å². The molecule has 0 spiro atoms. The second kappa shape index (κ2) is 7.61. The zero-order valence-corrected chi connectivity index (χ0v) is 14.0. The zero-order chi connectivity index (χ0) is 16.9. The van der Waals surface area contributed by atoms with Gasteiger partial charge in [-0.3, -0.25) is 0 Å². The largest absolute Gasteiger partial charge is 0.444 e. The Balaban J connectivity index is 2.60. The second-order valence-corrected chi connectivity index (χ2v) is 6.72. The first-order valence-corrected chi connectivity index (χ1v) is 7.53. The molecular formula is C17H27NO4. The summed E-state index contributed by atoms with van der Waals surface area (Å²) in [5, 5.41) is 22.7. The third-order valence-electron chi connectivity index (χ3n) is 3.14. The molecule has 0 aliphatic heterocycles. The van der Waals surface area contributed by atoms with Crippen molar-refractivity contribution in [2.24, 2.45) is 0 Å². The summed E-state index contributed by atoms with van der Waals surface area (Å²) in [6, 6.07) is 7.45. The van der Waals surface area contributed by atoms with Gasteiger partial charge in [-0.2, -0.15) is 0 Å². The lowest BCUT2D eigenvalue weighted by Gasteiger charge is -2.22. The van der Waals surface area contributed by atoms with E-state index in [9.17, 15) is 15.0 Å². The first-order valence-electron chi connectivity index (χ1n) is 7.53. The van der Waals surface area contributed by atoms with Crippen LogP contribution < -0.4 is 5.32 Å². The van der Waals surface area contributed by atoms with Crippen molar-refractivity contribution >= 4 is 6.09 Å². The molecular weight excluding hydrogens is 282 g/mol. The molecule has 0 heterocycles. The lowest BCUT2D eigenvalue weighted by Crippen LogP contribution is -2.38. The Morgan fingerprint density at radius 1 is 1.23 bits per heavy atom. The molecule has 1 amide bonds. The monoisotopic (exact) mass is 309 g/mol. The van der Waals surface area contributed by atoms with E-state index in [0.29, 0.717) is 11.5 Å². The SMILES string of the molecule is CC(C)c1cccc(C(O)C(O)CNC(=O)OC(C)(C)C)c1. The number of carbonyl (C=O) groups excluding carboxylic acids is 1. The van der Waals surface area contributed by atoms with Gasteiger partial charge in [0.1, 0.15) is 17.8 Å². The number of rotatable bonds is 5. The van der Waals surface area contributed by atoms with Crippen molar-refractivity contribution in [2.45, 2.75) is 58.3 Å². The van der Waals surface area contributed by atoms with Crippen LogP contribution in [0.3, 0.4) is 0 Å². The van der Waals surface area contributed by atoms with Gasteiger partial charge in [-0.25, -0.2) is 4.79 Å². The third kappa shape index (κ3) is 6.03. The maximum Gasteiger partial charge on any atom is 0.407 e. The molecule has 0 aliphatic carbocycles. The van der Waals surface area contributed by atoms with Crippen LogP contribution in [0.1, 0.15) is 57.8 Å². The van der Waals surface area contributed by atoms with E-state index < -0.39 is 23.9 Å². The molecule has 0 fully saturated rings. The van der Waals surface area contributed by atoms with Gasteiger partial charge in [-0.1, -0.05) is 38.1 Å². The lowest BCUT2D eigenvalue weighted by atomic mass is 9.97. The number of hydrogen-bond acceptors (Lipinski definition) is 4. The van der Waals surface area contributed by atoms with Crippen LogP contribution in [-0.2, 0) is 4.74 Å². The van der Waals surface area contributed by atoms with Gasteiger partial charge in [-0.05, 0) is 37.8 Å². The van der Waals surface area contributed by atoms with Crippen molar-refractivity contribution in [3.05, 3.63) is 35.4 Å². The van der Waals surface area contributed by atoms with E-state index in [-0.39, 0.29) is 6.54 Å². The van der Waals surface area contributed by atoms with Crippen LogP contribution in [0.15, 0.2) is 24.3 Å². The molecule has 0 saturated heterocycles. The molecule has 124 valence electrons. The van der Waals surface area contributed by atoms with Crippen LogP contribution in [0.5, 0.6) is 0 Å². The van der Waals surface area contributed by atoms with E-state index in [1.807, 2.05) is 18.2 Å². The number of carbonyl (C=O) groups is 1. The number of alkyl carbamates (subject to hydrolysis) is 1. The number of hydrogen-bond donors (Lipinski definition) is 3. The van der Waals surface area contributed by atoms with Gasteiger partial charge >= 0.3 is 6.09 Å². The maximum atomic E-state index is 11.5. The highest BCUT2D eigenvalue weighted by Gasteiger charge is 2.21. The summed E-state index contributed by atoms with van der Waals surface area (Å²) in [6.07, 6.45) is -2.78. The minimum atomic E-state index is -1.10. The first kappa shape index (κ1) is 18.5. The van der Waals surface area contributed by atoms with Crippen LogP contribution in [0.2, 0.25) is 0 Å². The molecule has 0 bridgehead atoms. The number of amides is 1. The highest BCUT2D eigenvalue weighted by atomic mass is 16.6. The van der Waals surface area contributed by atoms with Gasteiger partial charge in [0.25, 0.3) is 0 Å². The molecule has 5 nitrogen and oxygen atoms in total. The number of ether oxygens (including phenoxy) is 1. The minimum Gasteiger partial charge on any atom is -0.444 e. The molecule has 1 aromatic carbocycles. The van der Waals surface area contributed by atoms with Crippen LogP contribution in [-0.4, -0.2) is 34.6 Å². The fourth-order valence-electron chi connectivity index (χ4n) is 1.94. The Bertz CT molecular complexity index is 494. The van der Waals surface area contributed by atoms with E-state index >= 15 is 0 Å². The molecule has 0 aromatic heterocycles. The smallest absolute Gasteiger partial charge is 0.407 e. The number of aliphatic hydroxyl groups excluding tert-OH is 2. The average Bonchev–Trinajstić information content (AvgIpc) is 2.42. The van der Waals surface area contributed by atoms with Gasteiger partial charge in [-0.15, -0.1) is 0 Å². The van der Waals surface area contributed by atoms with Crippen molar-refractivity contribution in [3.8, 4) is 0 Å². The third-order valence-corrected chi connectivity index (χ3v) is 3.14. The molecule has 0 radical (unpaired) electrons. The Hall–Kier alpha value is -1.59. The molecule has 3 N–H and O–H groups in total. The van der Waals surface area contributed by atoms with E-state index in [1.54, 1.807) is 26.8 Å². The van der Waals surface area contributed by atoms with Gasteiger partial charge in [0, 0.05) is 6.54 Å². The topological polar surface area (TPSA) is 78.8 Å². The van der Waals surface area contributed by atoms with Crippen molar-refractivity contribution < 1.29 is 19.7 Å². The summed E-state index contributed by atoms with van der Waals surface area (Å²) in [7, 11) is 0. The summed E-state index contributed by atoms with van der Waals surface area (Å²) in [5.41, 5.74) is 1.12. The van der Waals surface area contributed by atoms with Gasteiger partial charge in [0.15, 0.2) is 0 Å². The summed E-state index contributed by atoms with van der Waals surface area (Å²) in [4.78, 5) is 11.5. The average molecular weight is 309 g/mol. The summed E-state index contributed by atoms with van der Waals surface area (Å²) >= 11 is 0. The quantitative estimate of drug-likeness (QED) is 0.781. The number of aliphatic hydroxyl groups is 2. The molecule has 0 saturated carbocycles. The van der Waals surface area contributed by atoms with Crippen molar-refractivity contribution in [2.75, 3.05) is 6.54 Å². The van der Waals surface area contributed by atoms with E-state index in [1.165, 1.54) is 0 Å². The summed E-state index contributed by atoms with van der Waals surface area (Å²) in [5.74, 6) is 0.337. The number of benzene rings is 1. The highest BCUT2D eigenvalue weighted by molar-refractivity contribution is 5.67. The van der Waals surface area contributed by atoms with Gasteiger partial charge < -0.3 is 20.3 Å². The fraction of sp³-hybridized carbons (Fsp3) is 0.588. The standard InChI is InChI=1S/C17H27NO4/c1-11(2)12-7-6-8-13(9-12)15(20)14(19)10-18-16(21)22-17(3,4)5/h6-9,11,14-15,19-20H,10H2,1-5H3,(H,18,21). The van der Waals surface area contributed by atoms with Crippen LogP contribution in [0.25, 0.3) is 0 Å². The van der Waals surface area contributed by atoms with Gasteiger partial charge in [0.05, 0.1) is 0 Å². The predicted octanol–water partition coefficient (Wildman–Crippen LogP) is 2.73. The Kier molecular flexibility index (Phi) is 6.38. The molecule has 2 atom stereocenters. The number of nitrogens with one attached hydrogen (secondary N) is 1. The Morgan fingerprint density at radius 2 is 1.82 bits per heavy atom. The maximum absolute atomic E-state index is 11.5. The highest BCUT2D eigenvalue weighted by Crippen LogP contribution is 2.22. The zero-order valence-electron chi connectivity index (χ0n) is 14.0. The van der Waals surface area contributed by atoms with E-state index in [4.69, 9.17) is 4.74 Å². The molecule has 2 unspecified atom stereocenters. The van der Waals surface area contributed by atoms with Crippen molar-refractivity contribution in [1.29, 1.82) is 0 Å². The first-order chi connectivity index (χ1) is 10.1. The molecule has 5 heteroatoms. The Labute approximate surface area is 132 Å². The van der Waals surface area contributed by atoms with Crippen molar-refractivity contribution in [3.63, 3.8) is 0 Å². The van der Waals surface area contributed by atoms with Crippen molar-refractivity contribution in [1.82, 2.24) is 5.32 Å². The fourth-order valence-corrected chi connectivity index (χ4v) is 1.94. The van der Waals surface area contributed by atoms with Crippen LogP contribution in [0, 0.1) is 0 Å². The van der Waals surface area contributed by atoms with E-state index in [0.717, 1.165) is 5.56 Å². The van der Waals surface area contributed by atoms with Crippen LogP contribution in [0.4, 0.5) is 4.79 Å². The molecule has 1 rings (SSSR count). The normalized spacial score (nSPS) is 14.5. The van der Waals surface area contributed by atoms with E-state index in [2.05, 4.69) is 19.2 Å². The molecule has 0 aliphatic rings. The second-order valence-electron chi connectivity index (χ2n) is 6.72. The minimum absolute atomic E-state index is 0.0814. The Morgan fingerprint density at radius 3 is 2.36 bits per heavy atom. The summed E-state index contributed by atoms with van der Waals surface area (Å²) < 4.78 is 5.08. The van der Waals surface area contributed by atoms with Crippen LogP contribution >= 0.6 is 0 Å².